The number of nitrogens with one attached hydrogen (secondary N) is 2. The number of carbonyl (C=O) groups is 3. The summed E-state index contributed by atoms with van der Waals surface area (Å²) in [6.45, 7) is 1.68. The maximum absolute atomic E-state index is 13.2. The van der Waals surface area contributed by atoms with Gasteiger partial charge in [-0.2, -0.15) is 0 Å². The van der Waals surface area contributed by atoms with Crippen LogP contribution >= 0.6 is 0 Å². The molecule has 8 heteroatoms. The lowest BCUT2D eigenvalue weighted by Gasteiger charge is -2.36. The predicted octanol–water partition coefficient (Wildman–Crippen LogP) is 3.77. The molecule has 1 heterocycles. The van der Waals surface area contributed by atoms with E-state index >= 15 is 0 Å². The summed E-state index contributed by atoms with van der Waals surface area (Å²) < 4.78 is 10.8. The zero-order valence-electron chi connectivity index (χ0n) is 18.9. The third-order valence-electron chi connectivity index (χ3n) is 5.44. The van der Waals surface area contributed by atoms with Crippen LogP contribution in [0.15, 0.2) is 72.8 Å². The zero-order valence-corrected chi connectivity index (χ0v) is 18.9. The molecule has 3 aromatic rings. The highest BCUT2D eigenvalue weighted by Crippen LogP contribution is 2.33. The van der Waals surface area contributed by atoms with Gasteiger partial charge in [0, 0.05) is 5.69 Å². The second-order valence-corrected chi connectivity index (χ2v) is 7.87. The van der Waals surface area contributed by atoms with Crippen LogP contribution in [0.5, 0.6) is 11.5 Å². The van der Waals surface area contributed by atoms with Crippen molar-refractivity contribution in [1.29, 1.82) is 0 Å². The first-order valence-corrected chi connectivity index (χ1v) is 10.8. The Morgan fingerprint density at radius 3 is 2.35 bits per heavy atom. The van der Waals surface area contributed by atoms with E-state index in [0.717, 1.165) is 5.56 Å². The quantitative estimate of drug-likeness (QED) is 0.561. The third kappa shape index (κ3) is 5.17. The average molecular weight is 460 g/mol. The Labute approximate surface area is 197 Å². The molecule has 0 fully saturated rings. The minimum Gasteiger partial charge on any atom is -0.497 e. The van der Waals surface area contributed by atoms with Crippen molar-refractivity contribution in [3.8, 4) is 11.5 Å². The second-order valence-electron chi connectivity index (χ2n) is 7.87. The summed E-state index contributed by atoms with van der Waals surface area (Å²) in [6.07, 6.45) is -0.220. The van der Waals surface area contributed by atoms with Crippen LogP contribution in [0, 0.1) is 6.92 Å². The highest BCUT2D eigenvalue weighted by molar-refractivity contribution is 6.14. The third-order valence-corrected chi connectivity index (χ3v) is 5.44. The van der Waals surface area contributed by atoms with Crippen LogP contribution in [0.2, 0.25) is 0 Å². The number of hydrogen-bond donors (Lipinski definition) is 2. The van der Waals surface area contributed by atoms with E-state index in [4.69, 9.17) is 9.47 Å². The van der Waals surface area contributed by atoms with Crippen LogP contribution in [0.4, 0.5) is 17.1 Å². The first-order chi connectivity index (χ1) is 16.4. The lowest BCUT2D eigenvalue weighted by atomic mass is 10.0. The summed E-state index contributed by atoms with van der Waals surface area (Å²) in [6, 6.07) is 20.1. The monoisotopic (exact) mass is 459 g/mol. The van der Waals surface area contributed by atoms with Crippen molar-refractivity contribution in [2.45, 2.75) is 19.4 Å². The predicted molar refractivity (Wildman–Crippen MR) is 129 cm³/mol. The molecule has 34 heavy (non-hydrogen) atoms. The summed E-state index contributed by atoms with van der Waals surface area (Å²) in [7, 11) is 1.56. The summed E-state index contributed by atoms with van der Waals surface area (Å²) >= 11 is 0. The van der Waals surface area contributed by atoms with E-state index in [-0.39, 0.29) is 13.0 Å². The van der Waals surface area contributed by atoms with Crippen LogP contribution in [0.1, 0.15) is 12.0 Å². The van der Waals surface area contributed by atoms with Gasteiger partial charge >= 0.3 is 0 Å². The number of ether oxygens (including phenoxy) is 2. The molecule has 174 valence electrons. The minimum atomic E-state index is -1.03. The molecule has 4 rings (SSSR count). The Morgan fingerprint density at radius 1 is 0.971 bits per heavy atom. The fraction of sp³-hybridized carbons (Fsp3) is 0.192. The Morgan fingerprint density at radius 2 is 1.65 bits per heavy atom. The van der Waals surface area contributed by atoms with Gasteiger partial charge < -0.3 is 20.1 Å². The van der Waals surface area contributed by atoms with Crippen molar-refractivity contribution in [2.24, 2.45) is 0 Å². The number of benzene rings is 3. The van der Waals surface area contributed by atoms with Gasteiger partial charge in [0.25, 0.3) is 5.91 Å². The van der Waals surface area contributed by atoms with Gasteiger partial charge in [-0.3, -0.25) is 19.3 Å². The minimum absolute atomic E-state index is 0.220. The van der Waals surface area contributed by atoms with E-state index in [9.17, 15) is 14.4 Å². The normalized spacial score (nSPS) is 14.6. The van der Waals surface area contributed by atoms with Crippen LogP contribution in [0.3, 0.4) is 0 Å². The number of aryl methyl sites for hydroxylation is 1. The van der Waals surface area contributed by atoms with Gasteiger partial charge in [0.2, 0.25) is 11.8 Å². The number of carbonyl (C=O) groups excluding carboxylic acids is 3. The number of methoxy groups -OCH3 is 1. The number of para-hydroxylation sites is 2. The Kier molecular flexibility index (Phi) is 6.77. The van der Waals surface area contributed by atoms with Gasteiger partial charge in [0.1, 0.15) is 17.5 Å². The van der Waals surface area contributed by atoms with Crippen molar-refractivity contribution < 1.29 is 23.9 Å². The molecule has 1 atom stereocenters. The Bertz CT molecular complexity index is 1190. The van der Waals surface area contributed by atoms with E-state index in [2.05, 4.69) is 10.6 Å². The standard InChI is InChI=1S/C26H25N3O5/c1-17-7-11-20(12-8-17)34-16-25(31)29-22-6-4-3-5-21(22)28-26(32)23(29)15-24(30)27-18-9-13-19(33-2)14-10-18/h3-14,23H,15-16H2,1-2H3,(H,27,30)(H,28,32). The van der Waals surface area contributed by atoms with Gasteiger partial charge in [-0.25, -0.2) is 0 Å². The topological polar surface area (TPSA) is 97.0 Å². The Balaban J connectivity index is 1.52. The lowest BCUT2D eigenvalue weighted by molar-refractivity contribution is -0.127. The first-order valence-electron chi connectivity index (χ1n) is 10.8. The molecule has 0 aromatic heterocycles. The molecule has 0 radical (unpaired) electrons. The average Bonchev–Trinajstić information content (AvgIpc) is 2.84. The van der Waals surface area contributed by atoms with Gasteiger partial charge in [0.15, 0.2) is 6.61 Å². The lowest BCUT2D eigenvalue weighted by Crippen LogP contribution is -2.53. The molecule has 0 bridgehead atoms. The molecule has 0 saturated heterocycles. The highest BCUT2D eigenvalue weighted by atomic mass is 16.5. The molecule has 1 unspecified atom stereocenters. The van der Waals surface area contributed by atoms with Crippen LogP contribution in [-0.2, 0) is 14.4 Å². The number of hydrogen-bond acceptors (Lipinski definition) is 5. The van der Waals surface area contributed by atoms with Crippen LogP contribution in [-0.4, -0.2) is 37.5 Å². The summed E-state index contributed by atoms with van der Waals surface area (Å²) in [5.74, 6) is -0.0616. The van der Waals surface area contributed by atoms with Crippen LogP contribution in [0.25, 0.3) is 0 Å². The molecule has 8 nitrogen and oxygen atoms in total. The molecule has 1 aliphatic rings. The number of rotatable bonds is 7. The largest absolute Gasteiger partial charge is 0.497 e. The van der Waals surface area contributed by atoms with Crippen molar-refractivity contribution in [3.05, 3.63) is 78.4 Å². The van der Waals surface area contributed by atoms with E-state index in [1.54, 1.807) is 67.8 Å². The van der Waals surface area contributed by atoms with E-state index in [1.165, 1.54) is 4.90 Å². The van der Waals surface area contributed by atoms with E-state index < -0.39 is 23.8 Å². The summed E-state index contributed by atoms with van der Waals surface area (Å²) in [4.78, 5) is 40.3. The van der Waals surface area contributed by atoms with Crippen molar-refractivity contribution in [1.82, 2.24) is 0 Å². The van der Waals surface area contributed by atoms with Gasteiger partial charge in [-0.1, -0.05) is 29.8 Å². The molecule has 1 aliphatic heterocycles. The molecular formula is C26H25N3O5. The van der Waals surface area contributed by atoms with Gasteiger partial charge in [0.05, 0.1) is 24.9 Å². The maximum atomic E-state index is 13.2. The van der Waals surface area contributed by atoms with E-state index in [0.29, 0.717) is 28.6 Å². The fourth-order valence-corrected chi connectivity index (χ4v) is 3.69. The van der Waals surface area contributed by atoms with Crippen molar-refractivity contribution >= 4 is 34.8 Å². The van der Waals surface area contributed by atoms with Crippen molar-refractivity contribution in [3.63, 3.8) is 0 Å². The molecule has 2 N–H and O–H groups in total. The number of amides is 3. The maximum Gasteiger partial charge on any atom is 0.265 e. The number of fused-ring (bicyclic) bond motifs is 1. The fourth-order valence-electron chi connectivity index (χ4n) is 3.69. The molecule has 0 aliphatic carbocycles. The molecule has 3 amide bonds. The SMILES string of the molecule is COc1ccc(NC(=O)CC2C(=O)Nc3ccccc3N2C(=O)COc2ccc(C)cc2)cc1. The number of anilines is 3. The van der Waals surface area contributed by atoms with Crippen LogP contribution < -0.4 is 25.0 Å². The van der Waals surface area contributed by atoms with Gasteiger partial charge in [-0.05, 0) is 55.5 Å². The van der Waals surface area contributed by atoms with Crippen molar-refractivity contribution in [2.75, 3.05) is 29.3 Å². The number of nitrogens with zero attached hydrogens (tertiary/aromatic N) is 1. The highest BCUT2D eigenvalue weighted by Gasteiger charge is 2.38. The van der Waals surface area contributed by atoms with Gasteiger partial charge in [-0.15, -0.1) is 0 Å². The molecule has 3 aromatic carbocycles. The summed E-state index contributed by atoms with van der Waals surface area (Å²) in [5, 5.41) is 5.55. The molecule has 0 saturated carbocycles. The smallest absolute Gasteiger partial charge is 0.265 e. The Hall–Kier alpha value is -4.33. The van der Waals surface area contributed by atoms with E-state index in [1.807, 2.05) is 19.1 Å². The molecular weight excluding hydrogens is 434 g/mol. The molecule has 0 spiro atoms. The summed E-state index contributed by atoms with van der Waals surface area (Å²) in [5.41, 5.74) is 2.65. The second kappa shape index (κ2) is 10.1. The first kappa shape index (κ1) is 22.8. The zero-order chi connectivity index (χ0) is 24.1.